The minimum absolute atomic E-state index is 0.274. The number of ether oxygens (including phenoxy) is 2. The number of rotatable bonds is 6. The van der Waals surface area contributed by atoms with Crippen molar-refractivity contribution in [1.82, 2.24) is 9.88 Å². The van der Waals surface area contributed by atoms with Crippen LogP contribution in [0.4, 0.5) is 0 Å². The van der Waals surface area contributed by atoms with Gasteiger partial charge in [0.15, 0.2) is 11.5 Å². The smallest absolute Gasteiger partial charge is 0.231 e. The molecule has 0 saturated heterocycles. The molecule has 5 nitrogen and oxygen atoms in total. The molecule has 1 aromatic heterocycles. The van der Waals surface area contributed by atoms with E-state index in [-0.39, 0.29) is 6.79 Å². The second kappa shape index (κ2) is 7.68. The van der Waals surface area contributed by atoms with Gasteiger partial charge >= 0.3 is 0 Å². The van der Waals surface area contributed by atoms with E-state index in [2.05, 4.69) is 16.0 Å². The van der Waals surface area contributed by atoms with Crippen LogP contribution in [0.2, 0.25) is 0 Å². The molecule has 0 fully saturated rings. The summed E-state index contributed by atoms with van der Waals surface area (Å²) in [4.78, 5) is 6.39. The number of hydrogen-bond acceptors (Lipinski definition) is 5. The van der Waals surface area contributed by atoms with Crippen molar-refractivity contribution in [2.75, 3.05) is 6.79 Å². The van der Waals surface area contributed by atoms with Crippen molar-refractivity contribution in [3.05, 3.63) is 83.2 Å². The molecule has 4 rings (SSSR count). The Balaban J connectivity index is 1.58. The lowest BCUT2D eigenvalue weighted by molar-refractivity contribution is 0.174. The molecule has 0 atom stereocenters. The lowest BCUT2D eigenvalue weighted by atomic mass is 10.1. The zero-order chi connectivity index (χ0) is 18.6. The van der Waals surface area contributed by atoms with Crippen LogP contribution in [0.15, 0.2) is 60.9 Å². The minimum Gasteiger partial charge on any atom is -0.508 e. The Morgan fingerprint density at radius 2 is 1.67 bits per heavy atom. The van der Waals surface area contributed by atoms with E-state index < -0.39 is 0 Å². The quantitative estimate of drug-likeness (QED) is 0.718. The molecule has 1 N–H and O–H groups in total. The zero-order valence-corrected chi connectivity index (χ0v) is 15.3. The van der Waals surface area contributed by atoms with Crippen molar-refractivity contribution in [3.63, 3.8) is 0 Å². The van der Waals surface area contributed by atoms with Crippen LogP contribution in [0.3, 0.4) is 0 Å². The fourth-order valence-electron chi connectivity index (χ4n) is 3.29. The topological polar surface area (TPSA) is 54.8 Å². The van der Waals surface area contributed by atoms with Crippen LogP contribution in [0.1, 0.15) is 22.3 Å². The lowest BCUT2D eigenvalue weighted by Gasteiger charge is -2.23. The van der Waals surface area contributed by atoms with Gasteiger partial charge in [-0.1, -0.05) is 23.8 Å². The van der Waals surface area contributed by atoms with E-state index in [1.54, 1.807) is 18.5 Å². The first kappa shape index (κ1) is 17.4. The highest BCUT2D eigenvalue weighted by molar-refractivity contribution is 5.44. The summed E-state index contributed by atoms with van der Waals surface area (Å²) < 4.78 is 10.9. The van der Waals surface area contributed by atoms with Gasteiger partial charge in [0.05, 0.1) is 0 Å². The second-order valence-electron chi connectivity index (χ2n) is 6.82. The SMILES string of the molecule is Cc1ccc(O)c(CN(Cc2ccncc2)Cc2ccc3c(c2)OCO3)c1. The number of pyridine rings is 1. The molecule has 138 valence electrons. The molecule has 0 radical (unpaired) electrons. The minimum atomic E-state index is 0.274. The number of phenols is 1. The van der Waals surface area contributed by atoms with Crippen LogP contribution >= 0.6 is 0 Å². The van der Waals surface area contributed by atoms with Crippen LogP contribution < -0.4 is 9.47 Å². The number of aromatic hydroxyl groups is 1. The van der Waals surface area contributed by atoms with Crippen LogP contribution in [0.25, 0.3) is 0 Å². The first-order valence-electron chi connectivity index (χ1n) is 8.96. The molecule has 1 aliphatic rings. The second-order valence-corrected chi connectivity index (χ2v) is 6.82. The van der Waals surface area contributed by atoms with Gasteiger partial charge in [-0.25, -0.2) is 0 Å². The van der Waals surface area contributed by atoms with Gasteiger partial charge in [-0.2, -0.15) is 0 Å². The average Bonchev–Trinajstić information content (AvgIpc) is 3.13. The van der Waals surface area contributed by atoms with Crippen LogP contribution in [-0.2, 0) is 19.6 Å². The number of benzene rings is 2. The molecule has 0 spiro atoms. The van der Waals surface area contributed by atoms with Gasteiger partial charge in [0.2, 0.25) is 6.79 Å². The van der Waals surface area contributed by atoms with Crippen molar-refractivity contribution in [2.24, 2.45) is 0 Å². The molecular formula is C22H22N2O3. The molecule has 0 aliphatic carbocycles. The summed E-state index contributed by atoms with van der Waals surface area (Å²) in [5.41, 5.74) is 4.37. The van der Waals surface area contributed by atoms with Gasteiger partial charge in [0, 0.05) is 37.6 Å². The zero-order valence-electron chi connectivity index (χ0n) is 15.3. The maximum absolute atomic E-state index is 10.3. The summed E-state index contributed by atoms with van der Waals surface area (Å²) in [6.07, 6.45) is 3.61. The molecule has 1 aliphatic heterocycles. The Morgan fingerprint density at radius 3 is 2.52 bits per heavy atom. The number of fused-ring (bicyclic) bond motifs is 1. The highest BCUT2D eigenvalue weighted by Gasteiger charge is 2.16. The fraction of sp³-hybridized carbons (Fsp3) is 0.227. The Morgan fingerprint density at radius 1 is 0.889 bits per heavy atom. The molecule has 2 aromatic carbocycles. The predicted octanol–water partition coefficient (Wildman–Crippen LogP) is 4.03. The van der Waals surface area contributed by atoms with E-state index in [0.717, 1.165) is 41.3 Å². The maximum atomic E-state index is 10.3. The number of hydrogen-bond donors (Lipinski definition) is 1. The molecule has 3 aromatic rings. The van der Waals surface area contributed by atoms with E-state index in [1.807, 2.05) is 43.3 Å². The number of phenolic OH excluding ortho intramolecular Hbond substituents is 1. The summed E-state index contributed by atoms with van der Waals surface area (Å²) in [7, 11) is 0. The Bertz CT molecular complexity index is 928. The van der Waals surface area contributed by atoms with Gasteiger partial charge in [0.1, 0.15) is 5.75 Å². The largest absolute Gasteiger partial charge is 0.508 e. The van der Waals surface area contributed by atoms with Crippen LogP contribution in [0.5, 0.6) is 17.2 Å². The fourth-order valence-corrected chi connectivity index (χ4v) is 3.29. The van der Waals surface area contributed by atoms with Gasteiger partial charge in [-0.3, -0.25) is 9.88 Å². The van der Waals surface area contributed by atoms with Gasteiger partial charge in [-0.15, -0.1) is 0 Å². The molecule has 5 heteroatoms. The van der Waals surface area contributed by atoms with Gasteiger partial charge in [-0.05, 0) is 48.4 Å². The van der Waals surface area contributed by atoms with Crippen molar-refractivity contribution in [1.29, 1.82) is 0 Å². The summed E-state index contributed by atoms with van der Waals surface area (Å²) >= 11 is 0. The Labute approximate surface area is 158 Å². The molecule has 0 bridgehead atoms. The standard InChI is InChI=1S/C22H22N2O3/c1-16-2-4-20(25)19(10-16)14-24(12-17-6-8-23-9-7-17)13-18-3-5-21-22(11-18)27-15-26-21/h2-11,25H,12-15H2,1H3. The lowest BCUT2D eigenvalue weighted by Crippen LogP contribution is -2.22. The molecule has 0 unspecified atom stereocenters. The van der Waals surface area contributed by atoms with E-state index in [0.29, 0.717) is 12.3 Å². The Hall–Kier alpha value is -3.05. The summed E-state index contributed by atoms with van der Waals surface area (Å²) in [5, 5.41) is 10.3. The number of aryl methyl sites for hydroxylation is 1. The normalized spacial score (nSPS) is 12.5. The third kappa shape index (κ3) is 4.20. The Kier molecular flexibility index (Phi) is 4.94. The summed E-state index contributed by atoms with van der Waals surface area (Å²) in [5.74, 6) is 1.90. The summed E-state index contributed by atoms with van der Waals surface area (Å²) in [6, 6.07) is 15.8. The van der Waals surface area contributed by atoms with E-state index >= 15 is 0 Å². The molecule has 27 heavy (non-hydrogen) atoms. The molecule has 0 saturated carbocycles. The monoisotopic (exact) mass is 362 g/mol. The third-order valence-corrected chi connectivity index (χ3v) is 4.63. The highest BCUT2D eigenvalue weighted by atomic mass is 16.7. The molecular weight excluding hydrogens is 340 g/mol. The van der Waals surface area contributed by atoms with E-state index in [4.69, 9.17) is 9.47 Å². The van der Waals surface area contributed by atoms with E-state index in [1.165, 1.54) is 5.56 Å². The van der Waals surface area contributed by atoms with Crippen molar-refractivity contribution in [3.8, 4) is 17.2 Å². The highest BCUT2D eigenvalue weighted by Crippen LogP contribution is 2.33. The van der Waals surface area contributed by atoms with Crippen molar-refractivity contribution in [2.45, 2.75) is 26.6 Å². The van der Waals surface area contributed by atoms with Crippen molar-refractivity contribution >= 4 is 0 Å². The van der Waals surface area contributed by atoms with Crippen LogP contribution in [0, 0.1) is 6.92 Å². The van der Waals surface area contributed by atoms with Crippen molar-refractivity contribution < 1.29 is 14.6 Å². The molecule has 0 amide bonds. The van der Waals surface area contributed by atoms with Gasteiger partial charge < -0.3 is 14.6 Å². The average molecular weight is 362 g/mol. The first-order chi connectivity index (χ1) is 13.2. The number of nitrogens with zero attached hydrogens (tertiary/aromatic N) is 2. The van der Waals surface area contributed by atoms with Gasteiger partial charge in [0.25, 0.3) is 0 Å². The van der Waals surface area contributed by atoms with Crippen LogP contribution in [-0.4, -0.2) is 21.8 Å². The van der Waals surface area contributed by atoms with E-state index in [9.17, 15) is 5.11 Å². The first-order valence-corrected chi connectivity index (χ1v) is 8.96. The third-order valence-electron chi connectivity index (χ3n) is 4.63. The number of aromatic nitrogens is 1. The maximum Gasteiger partial charge on any atom is 0.231 e. The predicted molar refractivity (Wildman–Crippen MR) is 103 cm³/mol. The summed E-state index contributed by atoms with van der Waals surface area (Å²) in [6.45, 7) is 4.44. The molecule has 2 heterocycles.